The van der Waals surface area contributed by atoms with Crippen LogP contribution in [-0.2, 0) is 33.0 Å². The summed E-state index contributed by atoms with van der Waals surface area (Å²) >= 11 is 0. The maximum Gasteiger partial charge on any atom is 0.358 e. The van der Waals surface area contributed by atoms with Crippen LogP contribution in [0.3, 0.4) is 0 Å². The van der Waals surface area contributed by atoms with Gasteiger partial charge in [-0.15, -0.1) is 0 Å². The smallest absolute Gasteiger partial charge is 0.358 e. The highest BCUT2D eigenvalue weighted by atomic mass is 28.4. The normalized spacial score (nSPS) is 29.3. The number of esters is 2. The van der Waals surface area contributed by atoms with Crippen LogP contribution in [0.25, 0.3) is 0 Å². The van der Waals surface area contributed by atoms with Crippen molar-refractivity contribution in [1.82, 2.24) is 0 Å². The molecule has 1 heterocycles. The third kappa shape index (κ3) is 4.77. The average molecular weight is 479 g/mol. The molecule has 33 heavy (non-hydrogen) atoms. The lowest BCUT2D eigenvalue weighted by molar-refractivity contribution is -0.184. The molecule has 2 fully saturated rings. The maximum absolute atomic E-state index is 13.7. The maximum atomic E-state index is 13.7. The van der Waals surface area contributed by atoms with Gasteiger partial charge in [0.2, 0.25) is 5.78 Å². The Labute approximate surface area is 196 Å². The Kier molecular flexibility index (Phi) is 6.67. The molecule has 2 aliphatic rings. The Hall–Kier alpha value is -2.07. The summed E-state index contributed by atoms with van der Waals surface area (Å²) in [6, 6.07) is 8.18. The van der Waals surface area contributed by atoms with Crippen LogP contribution in [0.4, 0.5) is 0 Å². The SMILES string of the molecule is COC(=O)[C@@]1(OC(=O)c2ccccc2)C[C@@H](O[Si](C)(C)C(C)(C)C)[C@H]2OC(C)(C)O[C@H]2C1=O. The highest BCUT2D eigenvalue weighted by Crippen LogP contribution is 2.46. The first-order valence-corrected chi connectivity index (χ1v) is 14.0. The zero-order valence-corrected chi connectivity index (χ0v) is 21.6. The van der Waals surface area contributed by atoms with E-state index < -0.39 is 55.7 Å². The van der Waals surface area contributed by atoms with Gasteiger partial charge in [-0.1, -0.05) is 39.0 Å². The number of fused-ring (bicyclic) bond motifs is 1. The summed E-state index contributed by atoms with van der Waals surface area (Å²) in [7, 11) is -1.22. The lowest BCUT2D eigenvalue weighted by Gasteiger charge is -2.46. The van der Waals surface area contributed by atoms with E-state index >= 15 is 0 Å². The Morgan fingerprint density at radius 1 is 1.09 bits per heavy atom. The van der Waals surface area contributed by atoms with Crippen molar-refractivity contribution in [3.8, 4) is 0 Å². The van der Waals surface area contributed by atoms with E-state index in [4.69, 9.17) is 23.4 Å². The molecule has 0 amide bonds. The largest absolute Gasteiger partial charge is 0.466 e. The molecule has 9 heteroatoms. The van der Waals surface area contributed by atoms with E-state index in [9.17, 15) is 14.4 Å². The van der Waals surface area contributed by atoms with E-state index in [0.717, 1.165) is 7.11 Å². The summed E-state index contributed by atoms with van der Waals surface area (Å²) < 4.78 is 29.2. The third-order valence-electron chi connectivity index (χ3n) is 6.68. The Bertz CT molecular complexity index is 920. The monoisotopic (exact) mass is 478 g/mol. The van der Waals surface area contributed by atoms with Gasteiger partial charge in [0.1, 0.15) is 6.10 Å². The number of carbonyl (C=O) groups excluding carboxylic acids is 3. The topological polar surface area (TPSA) is 97.4 Å². The Balaban J connectivity index is 2.06. The van der Waals surface area contributed by atoms with E-state index in [1.54, 1.807) is 44.2 Å². The van der Waals surface area contributed by atoms with E-state index in [1.165, 1.54) is 0 Å². The number of Topliss-reactive ketones (excluding diaryl/α,β-unsaturated/α-hetero) is 1. The second-order valence-electron chi connectivity index (χ2n) is 10.6. The van der Waals surface area contributed by atoms with Crippen molar-refractivity contribution >= 4 is 26.0 Å². The van der Waals surface area contributed by atoms with E-state index in [0.29, 0.717) is 0 Å². The number of carbonyl (C=O) groups is 3. The first kappa shape index (κ1) is 25.5. The predicted octanol–water partition coefficient (Wildman–Crippen LogP) is 3.64. The molecule has 1 aromatic rings. The molecule has 0 aromatic heterocycles. The van der Waals surface area contributed by atoms with Gasteiger partial charge < -0.3 is 23.4 Å². The van der Waals surface area contributed by atoms with Gasteiger partial charge in [0.05, 0.1) is 18.8 Å². The van der Waals surface area contributed by atoms with Crippen molar-refractivity contribution in [3.05, 3.63) is 35.9 Å². The number of rotatable bonds is 5. The summed E-state index contributed by atoms with van der Waals surface area (Å²) in [5.74, 6) is -3.55. The van der Waals surface area contributed by atoms with Crippen LogP contribution >= 0.6 is 0 Å². The predicted molar refractivity (Wildman–Crippen MR) is 122 cm³/mol. The van der Waals surface area contributed by atoms with Crippen molar-refractivity contribution in [1.29, 1.82) is 0 Å². The summed E-state index contributed by atoms with van der Waals surface area (Å²) in [5.41, 5.74) is -2.00. The zero-order valence-electron chi connectivity index (χ0n) is 20.6. The molecule has 1 saturated heterocycles. The highest BCUT2D eigenvalue weighted by Gasteiger charge is 2.66. The second-order valence-corrected chi connectivity index (χ2v) is 15.3. The number of hydrogen-bond acceptors (Lipinski definition) is 8. The molecule has 0 unspecified atom stereocenters. The lowest BCUT2D eigenvalue weighted by Crippen LogP contribution is -2.66. The lowest BCUT2D eigenvalue weighted by atomic mass is 9.78. The van der Waals surface area contributed by atoms with Gasteiger partial charge in [-0.25, -0.2) is 9.59 Å². The van der Waals surface area contributed by atoms with Crippen molar-refractivity contribution in [2.75, 3.05) is 7.11 Å². The minimum atomic E-state index is -2.37. The second kappa shape index (κ2) is 8.61. The number of ketones is 1. The average Bonchev–Trinajstić information content (AvgIpc) is 3.06. The number of benzene rings is 1. The zero-order chi connectivity index (χ0) is 24.8. The fourth-order valence-electron chi connectivity index (χ4n) is 3.93. The van der Waals surface area contributed by atoms with Gasteiger partial charge >= 0.3 is 11.9 Å². The van der Waals surface area contributed by atoms with Gasteiger partial charge in [0.15, 0.2) is 20.2 Å². The van der Waals surface area contributed by atoms with E-state index in [1.807, 2.05) is 0 Å². The van der Waals surface area contributed by atoms with E-state index in [-0.39, 0.29) is 17.0 Å². The van der Waals surface area contributed by atoms with Gasteiger partial charge in [0, 0.05) is 6.42 Å². The van der Waals surface area contributed by atoms with Crippen molar-refractivity contribution in [2.24, 2.45) is 0 Å². The molecule has 1 saturated carbocycles. The fourth-order valence-corrected chi connectivity index (χ4v) is 5.26. The van der Waals surface area contributed by atoms with Gasteiger partial charge in [-0.05, 0) is 44.1 Å². The molecule has 0 bridgehead atoms. The molecule has 3 rings (SSSR count). The van der Waals surface area contributed by atoms with Crippen molar-refractivity contribution in [3.63, 3.8) is 0 Å². The van der Waals surface area contributed by atoms with Crippen LogP contribution in [0.15, 0.2) is 30.3 Å². The van der Waals surface area contributed by atoms with Crippen LogP contribution in [-0.4, -0.2) is 62.8 Å². The molecule has 0 radical (unpaired) electrons. The van der Waals surface area contributed by atoms with Crippen molar-refractivity contribution < 1.29 is 37.8 Å². The quantitative estimate of drug-likeness (QED) is 0.359. The minimum absolute atomic E-state index is 0.145. The summed E-state index contributed by atoms with van der Waals surface area (Å²) in [6.07, 6.45) is -2.83. The standard InChI is InChI=1S/C24H34O8Si/c1-22(2,3)33(7,8)32-16-14-24(21(27)28-6,31-20(26)15-12-10-9-11-13-15)19(25)18-17(16)29-23(4,5)30-18/h9-13,16-18H,14H2,1-8H3/t16-,17-,18-,24-/m1/s1. The molecule has 1 aliphatic carbocycles. The highest BCUT2D eigenvalue weighted by molar-refractivity contribution is 6.74. The van der Waals surface area contributed by atoms with Gasteiger partial charge in [-0.2, -0.15) is 0 Å². The first-order valence-electron chi connectivity index (χ1n) is 11.1. The molecule has 1 aliphatic heterocycles. The first-order chi connectivity index (χ1) is 15.1. The van der Waals surface area contributed by atoms with Crippen LogP contribution in [0.5, 0.6) is 0 Å². The number of hydrogen-bond donors (Lipinski definition) is 0. The Morgan fingerprint density at radius 3 is 2.24 bits per heavy atom. The molecular formula is C24H34O8Si. The van der Waals surface area contributed by atoms with Crippen LogP contribution in [0, 0.1) is 0 Å². The number of methoxy groups -OCH3 is 1. The van der Waals surface area contributed by atoms with Crippen LogP contribution in [0.1, 0.15) is 51.4 Å². The minimum Gasteiger partial charge on any atom is -0.466 e. The summed E-state index contributed by atoms with van der Waals surface area (Å²) in [5, 5.41) is -0.145. The molecular weight excluding hydrogens is 444 g/mol. The molecule has 8 nitrogen and oxygen atoms in total. The van der Waals surface area contributed by atoms with Gasteiger partial charge in [-0.3, -0.25) is 4.79 Å². The fraction of sp³-hybridized carbons (Fsp3) is 0.625. The summed E-state index contributed by atoms with van der Waals surface area (Å²) in [6.45, 7) is 13.8. The van der Waals surface area contributed by atoms with Crippen LogP contribution in [0.2, 0.25) is 18.1 Å². The third-order valence-corrected chi connectivity index (χ3v) is 11.2. The van der Waals surface area contributed by atoms with Crippen LogP contribution < -0.4 is 0 Å². The molecule has 182 valence electrons. The molecule has 1 aromatic carbocycles. The molecule has 0 spiro atoms. The van der Waals surface area contributed by atoms with E-state index in [2.05, 4.69) is 33.9 Å². The molecule has 4 atom stereocenters. The Morgan fingerprint density at radius 2 is 1.70 bits per heavy atom. The number of ether oxygens (including phenoxy) is 4. The van der Waals surface area contributed by atoms with Gasteiger partial charge in [0.25, 0.3) is 5.60 Å². The van der Waals surface area contributed by atoms with Crippen molar-refractivity contribution in [2.45, 2.75) is 88.9 Å². The summed E-state index contributed by atoms with van der Waals surface area (Å²) in [4.78, 5) is 39.7. The molecule has 0 N–H and O–H groups in total.